The molecule has 0 aliphatic carbocycles. The van der Waals surface area contributed by atoms with Crippen LogP contribution in [0.1, 0.15) is 30.2 Å². The fraction of sp³-hybridized carbons (Fsp3) is 0.429. The van der Waals surface area contributed by atoms with Crippen molar-refractivity contribution in [3.8, 4) is 0 Å². The Morgan fingerprint density at radius 2 is 2.29 bits per heavy atom. The summed E-state index contributed by atoms with van der Waals surface area (Å²) in [5, 5.41) is 19.5. The van der Waals surface area contributed by atoms with Gasteiger partial charge in [-0.05, 0) is 32.9 Å². The van der Waals surface area contributed by atoms with Crippen LogP contribution >= 0.6 is 0 Å². The Labute approximate surface area is 123 Å². The highest BCUT2D eigenvalue weighted by atomic mass is 16.4. The maximum Gasteiger partial charge on any atom is 0.319 e. The number of nitrogens with zero attached hydrogens (tertiary/aromatic N) is 2. The highest BCUT2D eigenvalue weighted by molar-refractivity contribution is 5.90. The number of anilines is 1. The smallest absolute Gasteiger partial charge is 0.319 e. The lowest BCUT2D eigenvalue weighted by atomic mass is 10.3. The number of aromatic nitrogens is 2. The summed E-state index contributed by atoms with van der Waals surface area (Å²) in [7, 11) is 0. The third kappa shape index (κ3) is 3.43. The second-order valence-corrected chi connectivity index (χ2v) is 4.73. The summed E-state index contributed by atoms with van der Waals surface area (Å²) in [6, 6.07) is 2.95. The number of hydrogen-bond donors (Lipinski definition) is 3. The lowest BCUT2D eigenvalue weighted by molar-refractivity contribution is 0.149. The minimum absolute atomic E-state index is 0.0688. The standard InChI is InChI=1S/C14H20N4O3/c1-4-18-10(3)13(9(2)17-18)16-14(20)15-8-11(19)12-6-5-7-21-12/h5-7,11,19H,4,8H2,1-3H3,(H2,15,16,20). The third-order valence-electron chi connectivity index (χ3n) is 3.25. The van der Waals surface area contributed by atoms with E-state index in [2.05, 4.69) is 15.7 Å². The van der Waals surface area contributed by atoms with Crippen molar-refractivity contribution in [2.24, 2.45) is 0 Å². The van der Waals surface area contributed by atoms with Gasteiger partial charge in [0, 0.05) is 6.54 Å². The maximum atomic E-state index is 11.9. The van der Waals surface area contributed by atoms with E-state index in [0.29, 0.717) is 11.4 Å². The Morgan fingerprint density at radius 1 is 1.52 bits per heavy atom. The highest BCUT2D eigenvalue weighted by Gasteiger charge is 2.15. The van der Waals surface area contributed by atoms with Gasteiger partial charge in [-0.3, -0.25) is 4.68 Å². The van der Waals surface area contributed by atoms with Crippen LogP contribution in [0.2, 0.25) is 0 Å². The number of furan rings is 1. The van der Waals surface area contributed by atoms with Crippen molar-refractivity contribution in [1.29, 1.82) is 0 Å². The SMILES string of the molecule is CCn1nc(C)c(NC(=O)NCC(O)c2ccco2)c1C. The topological polar surface area (TPSA) is 92.3 Å². The van der Waals surface area contributed by atoms with E-state index >= 15 is 0 Å². The molecule has 0 saturated heterocycles. The zero-order valence-electron chi connectivity index (χ0n) is 12.4. The van der Waals surface area contributed by atoms with Crippen LogP contribution in [-0.2, 0) is 6.54 Å². The fourth-order valence-corrected chi connectivity index (χ4v) is 2.11. The quantitative estimate of drug-likeness (QED) is 0.785. The first-order chi connectivity index (χ1) is 10.0. The van der Waals surface area contributed by atoms with Crippen LogP contribution in [0.4, 0.5) is 10.5 Å². The molecule has 1 atom stereocenters. The van der Waals surface area contributed by atoms with Gasteiger partial charge in [0.1, 0.15) is 11.9 Å². The molecule has 1 unspecified atom stereocenters. The number of carbonyl (C=O) groups is 1. The molecule has 0 spiro atoms. The number of carbonyl (C=O) groups excluding carboxylic acids is 1. The van der Waals surface area contributed by atoms with Crippen LogP contribution in [0.5, 0.6) is 0 Å². The third-order valence-corrected chi connectivity index (χ3v) is 3.25. The summed E-state index contributed by atoms with van der Waals surface area (Å²) in [6.45, 7) is 6.54. The van der Waals surface area contributed by atoms with Gasteiger partial charge in [-0.1, -0.05) is 0 Å². The molecule has 2 aromatic rings. The van der Waals surface area contributed by atoms with Crippen molar-refractivity contribution in [3.63, 3.8) is 0 Å². The Kier molecular flexibility index (Phi) is 4.64. The Bertz CT molecular complexity index is 604. The van der Waals surface area contributed by atoms with Crippen LogP contribution in [-0.4, -0.2) is 27.5 Å². The number of aliphatic hydroxyl groups is 1. The summed E-state index contributed by atoms with van der Waals surface area (Å²) >= 11 is 0. The summed E-state index contributed by atoms with van der Waals surface area (Å²) in [4.78, 5) is 11.9. The molecule has 0 bridgehead atoms. The molecule has 2 amide bonds. The monoisotopic (exact) mass is 292 g/mol. The molecule has 2 aromatic heterocycles. The predicted molar refractivity (Wildman–Crippen MR) is 78.1 cm³/mol. The van der Waals surface area contributed by atoms with Crippen LogP contribution in [0.15, 0.2) is 22.8 Å². The number of rotatable bonds is 5. The number of aliphatic hydroxyl groups excluding tert-OH is 1. The molecular weight excluding hydrogens is 272 g/mol. The van der Waals surface area contributed by atoms with E-state index in [9.17, 15) is 9.90 Å². The van der Waals surface area contributed by atoms with Crippen LogP contribution in [0.25, 0.3) is 0 Å². The van der Waals surface area contributed by atoms with Gasteiger partial charge in [0.05, 0.1) is 29.9 Å². The van der Waals surface area contributed by atoms with Gasteiger partial charge in [0.2, 0.25) is 0 Å². The van der Waals surface area contributed by atoms with Crippen LogP contribution < -0.4 is 10.6 Å². The molecule has 0 aromatic carbocycles. The van der Waals surface area contributed by atoms with Gasteiger partial charge < -0.3 is 20.2 Å². The molecule has 0 aliphatic heterocycles. The molecular formula is C14H20N4O3. The molecule has 2 heterocycles. The number of hydrogen-bond acceptors (Lipinski definition) is 4. The van der Waals surface area contributed by atoms with Gasteiger partial charge >= 0.3 is 6.03 Å². The van der Waals surface area contributed by atoms with Gasteiger partial charge in [-0.15, -0.1) is 0 Å². The predicted octanol–water partition coefficient (Wildman–Crippen LogP) is 1.97. The lowest BCUT2D eigenvalue weighted by Crippen LogP contribution is -2.32. The normalized spacial score (nSPS) is 12.2. The molecule has 0 saturated carbocycles. The first-order valence-corrected chi connectivity index (χ1v) is 6.83. The molecule has 2 rings (SSSR count). The van der Waals surface area contributed by atoms with Crippen molar-refractivity contribution >= 4 is 11.7 Å². The number of nitrogens with one attached hydrogen (secondary N) is 2. The molecule has 0 aliphatic rings. The van der Waals surface area contributed by atoms with Gasteiger partial charge in [0.15, 0.2) is 0 Å². The second-order valence-electron chi connectivity index (χ2n) is 4.73. The van der Waals surface area contributed by atoms with Gasteiger partial charge in [-0.25, -0.2) is 4.79 Å². The zero-order valence-corrected chi connectivity index (χ0v) is 12.4. The second kappa shape index (κ2) is 6.45. The van der Waals surface area contributed by atoms with E-state index in [1.807, 2.05) is 25.5 Å². The highest BCUT2D eigenvalue weighted by Crippen LogP contribution is 2.19. The molecule has 21 heavy (non-hydrogen) atoms. The molecule has 7 heteroatoms. The summed E-state index contributed by atoms with van der Waals surface area (Å²) in [6.07, 6.45) is 0.608. The van der Waals surface area contributed by atoms with Crippen molar-refractivity contribution in [1.82, 2.24) is 15.1 Å². The Balaban J connectivity index is 1.92. The van der Waals surface area contributed by atoms with Crippen LogP contribution in [0, 0.1) is 13.8 Å². The average molecular weight is 292 g/mol. The Hall–Kier alpha value is -2.28. The number of aryl methyl sites for hydroxylation is 2. The number of urea groups is 1. The molecule has 114 valence electrons. The average Bonchev–Trinajstić information content (AvgIpc) is 3.08. The maximum absolute atomic E-state index is 11.9. The molecule has 0 fully saturated rings. The molecule has 3 N–H and O–H groups in total. The van der Waals surface area contributed by atoms with E-state index in [1.165, 1.54) is 6.26 Å². The van der Waals surface area contributed by atoms with E-state index in [0.717, 1.165) is 17.9 Å². The van der Waals surface area contributed by atoms with Crippen molar-refractivity contribution in [2.45, 2.75) is 33.4 Å². The lowest BCUT2D eigenvalue weighted by Gasteiger charge is -2.11. The van der Waals surface area contributed by atoms with Crippen LogP contribution in [0.3, 0.4) is 0 Å². The van der Waals surface area contributed by atoms with Crippen molar-refractivity contribution < 1.29 is 14.3 Å². The first-order valence-electron chi connectivity index (χ1n) is 6.83. The van der Waals surface area contributed by atoms with Crippen molar-refractivity contribution in [2.75, 3.05) is 11.9 Å². The fourth-order valence-electron chi connectivity index (χ4n) is 2.11. The van der Waals surface area contributed by atoms with E-state index < -0.39 is 6.10 Å². The van der Waals surface area contributed by atoms with Gasteiger partial charge in [0.25, 0.3) is 0 Å². The van der Waals surface area contributed by atoms with E-state index in [4.69, 9.17) is 4.42 Å². The van der Waals surface area contributed by atoms with E-state index in [1.54, 1.807) is 12.1 Å². The van der Waals surface area contributed by atoms with Gasteiger partial charge in [-0.2, -0.15) is 5.10 Å². The minimum Gasteiger partial charge on any atom is -0.467 e. The van der Waals surface area contributed by atoms with E-state index in [-0.39, 0.29) is 12.6 Å². The molecule has 7 nitrogen and oxygen atoms in total. The first kappa shape index (κ1) is 15.1. The Morgan fingerprint density at radius 3 is 2.86 bits per heavy atom. The zero-order chi connectivity index (χ0) is 15.4. The summed E-state index contributed by atoms with van der Waals surface area (Å²) in [5.74, 6) is 0.418. The largest absolute Gasteiger partial charge is 0.467 e. The molecule has 0 radical (unpaired) electrons. The van der Waals surface area contributed by atoms with Crippen molar-refractivity contribution in [3.05, 3.63) is 35.5 Å². The minimum atomic E-state index is -0.869. The summed E-state index contributed by atoms with van der Waals surface area (Å²) < 4.78 is 6.89. The number of amides is 2. The summed E-state index contributed by atoms with van der Waals surface area (Å²) in [5.41, 5.74) is 2.36.